The molecule has 104 valence electrons. The van der Waals surface area contributed by atoms with Crippen LogP contribution in [-0.4, -0.2) is 16.5 Å². The van der Waals surface area contributed by atoms with Gasteiger partial charge in [-0.3, -0.25) is 4.98 Å². The van der Waals surface area contributed by atoms with Crippen LogP contribution in [0.5, 0.6) is 0 Å². The second-order valence-corrected chi connectivity index (χ2v) is 5.04. The first-order chi connectivity index (χ1) is 9.86. The number of nitrogen functional groups attached to an aromatic ring is 1. The number of nitrogens with two attached hydrogens (primary N) is 1. The van der Waals surface area contributed by atoms with Crippen LogP contribution < -0.4 is 16.2 Å². The number of rotatable bonds is 3. The molecule has 5 heteroatoms. The molecule has 2 heterocycles. The number of anilines is 2. The Kier molecular flexibility index (Phi) is 3.78. The van der Waals surface area contributed by atoms with Crippen LogP contribution in [0.1, 0.15) is 24.1 Å². The largest absolute Gasteiger partial charge is 0.365 e. The lowest BCUT2D eigenvalue weighted by atomic mass is 10.1. The van der Waals surface area contributed by atoms with Crippen LogP contribution >= 0.6 is 0 Å². The maximum Gasteiger partial charge on any atom is 0.158 e. The smallest absolute Gasteiger partial charge is 0.158 e. The van der Waals surface area contributed by atoms with Gasteiger partial charge in [0.05, 0.1) is 24.6 Å². The van der Waals surface area contributed by atoms with Gasteiger partial charge in [-0.1, -0.05) is 18.2 Å². The quantitative estimate of drug-likeness (QED) is 0.660. The summed E-state index contributed by atoms with van der Waals surface area (Å²) in [6, 6.07) is 8.64. The molecule has 0 spiro atoms. The summed E-state index contributed by atoms with van der Waals surface area (Å²) >= 11 is 0. The number of aromatic nitrogens is 2. The van der Waals surface area contributed by atoms with Crippen LogP contribution in [0.25, 0.3) is 0 Å². The van der Waals surface area contributed by atoms with Crippen LogP contribution in [-0.2, 0) is 13.0 Å². The fourth-order valence-electron chi connectivity index (χ4n) is 2.64. The van der Waals surface area contributed by atoms with Crippen molar-refractivity contribution < 1.29 is 0 Å². The van der Waals surface area contributed by atoms with E-state index in [-0.39, 0.29) is 0 Å². The minimum Gasteiger partial charge on any atom is -0.365 e. The highest BCUT2D eigenvalue weighted by atomic mass is 15.3. The highest BCUT2D eigenvalue weighted by Gasteiger charge is 2.15. The van der Waals surface area contributed by atoms with Crippen molar-refractivity contribution in [2.45, 2.75) is 25.8 Å². The van der Waals surface area contributed by atoms with Gasteiger partial charge in [-0.25, -0.2) is 10.8 Å². The molecule has 1 aromatic carbocycles. The van der Waals surface area contributed by atoms with E-state index in [0.717, 1.165) is 25.2 Å². The van der Waals surface area contributed by atoms with Gasteiger partial charge in [-0.05, 0) is 30.9 Å². The monoisotopic (exact) mass is 269 g/mol. The fourth-order valence-corrected chi connectivity index (χ4v) is 2.64. The van der Waals surface area contributed by atoms with Gasteiger partial charge in [-0.2, -0.15) is 0 Å². The number of hydrazine groups is 1. The van der Waals surface area contributed by atoms with Gasteiger partial charge in [0.25, 0.3) is 0 Å². The third-order valence-electron chi connectivity index (χ3n) is 3.66. The molecule has 1 aliphatic rings. The summed E-state index contributed by atoms with van der Waals surface area (Å²) in [5.41, 5.74) is 6.21. The molecule has 20 heavy (non-hydrogen) atoms. The normalized spacial score (nSPS) is 14.6. The summed E-state index contributed by atoms with van der Waals surface area (Å²) in [5, 5.41) is 0. The molecule has 0 radical (unpaired) electrons. The van der Waals surface area contributed by atoms with Gasteiger partial charge >= 0.3 is 0 Å². The molecule has 0 fully saturated rings. The lowest BCUT2D eigenvalue weighted by Crippen LogP contribution is -2.24. The van der Waals surface area contributed by atoms with E-state index in [2.05, 4.69) is 44.6 Å². The Labute approximate surface area is 118 Å². The third kappa shape index (κ3) is 2.72. The molecule has 3 N–H and O–H groups in total. The maximum atomic E-state index is 5.31. The predicted octanol–water partition coefficient (Wildman–Crippen LogP) is 2.11. The molecule has 0 saturated heterocycles. The Hall–Kier alpha value is -2.14. The van der Waals surface area contributed by atoms with Crippen LogP contribution in [0.3, 0.4) is 0 Å². The number of hydrogen-bond acceptors (Lipinski definition) is 5. The van der Waals surface area contributed by atoms with Gasteiger partial charge < -0.3 is 10.3 Å². The molecule has 0 unspecified atom stereocenters. The molecular formula is C15H19N5. The molecule has 5 nitrogen and oxygen atoms in total. The molecule has 0 bridgehead atoms. The lowest BCUT2D eigenvalue weighted by molar-refractivity contribution is 0.707. The van der Waals surface area contributed by atoms with Gasteiger partial charge in [0, 0.05) is 12.2 Å². The number of para-hydroxylation sites is 1. The second kappa shape index (κ2) is 5.88. The van der Waals surface area contributed by atoms with E-state index in [4.69, 9.17) is 5.84 Å². The van der Waals surface area contributed by atoms with Crippen molar-refractivity contribution in [2.24, 2.45) is 5.84 Å². The standard InChI is InChI=1S/C15H19N5/c16-19-15-10-17-13(9-18-15)11-20-8-4-3-6-12-5-1-2-7-14(12)20/h1-2,5,7,9-10H,3-4,6,8,11,16H2,(H,18,19). The van der Waals surface area contributed by atoms with Crippen molar-refractivity contribution in [2.75, 3.05) is 16.9 Å². The summed E-state index contributed by atoms with van der Waals surface area (Å²) in [5.74, 6) is 5.89. The van der Waals surface area contributed by atoms with Crippen LogP contribution in [0.15, 0.2) is 36.7 Å². The Morgan fingerprint density at radius 1 is 1.15 bits per heavy atom. The summed E-state index contributed by atoms with van der Waals surface area (Å²) < 4.78 is 0. The molecule has 2 aromatic rings. The number of nitrogens with zero attached hydrogens (tertiary/aromatic N) is 3. The first-order valence-corrected chi connectivity index (χ1v) is 6.97. The van der Waals surface area contributed by atoms with E-state index < -0.39 is 0 Å². The van der Waals surface area contributed by atoms with Crippen molar-refractivity contribution in [3.63, 3.8) is 0 Å². The summed E-state index contributed by atoms with van der Waals surface area (Å²) in [6.07, 6.45) is 7.07. The number of hydrogen-bond donors (Lipinski definition) is 2. The number of benzene rings is 1. The minimum absolute atomic E-state index is 0.588. The van der Waals surface area contributed by atoms with Gasteiger partial charge in [0.2, 0.25) is 0 Å². The minimum atomic E-state index is 0.588. The van der Waals surface area contributed by atoms with E-state index in [1.54, 1.807) is 12.4 Å². The Bertz CT molecular complexity index is 567. The van der Waals surface area contributed by atoms with E-state index in [1.807, 2.05) is 0 Å². The molecule has 1 aliphatic heterocycles. The number of nitrogens with one attached hydrogen (secondary N) is 1. The summed E-state index contributed by atoms with van der Waals surface area (Å²) in [4.78, 5) is 11.0. The Morgan fingerprint density at radius 2 is 2.05 bits per heavy atom. The van der Waals surface area contributed by atoms with E-state index in [1.165, 1.54) is 24.1 Å². The van der Waals surface area contributed by atoms with Gasteiger partial charge in [-0.15, -0.1) is 0 Å². The van der Waals surface area contributed by atoms with Gasteiger partial charge in [0.1, 0.15) is 0 Å². The van der Waals surface area contributed by atoms with Gasteiger partial charge in [0.15, 0.2) is 5.82 Å². The van der Waals surface area contributed by atoms with Crippen molar-refractivity contribution in [3.05, 3.63) is 47.9 Å². The topological polar surface area (TPSA) is 67.1 Å². The van der Waals surface area contributed by atoms with E-state index in [0.29, 0.717) is 5.82 Å². The Balaban J connectivity index is 1.82. The van der Waals surface area contributed by atoms with Crippen molar-refractivity contribution in [3.8, 4) is 0 Å². The predicted molar refractivity (Wildman–Crippen MR) is 80.3 cm³/mol. The van der Waals surface area contributed by atoms with Crippen molar-refractivity contribution >= 4 is 11.5 Å². The molecule has 0 saturated carbocycles. The lowest BCUT2D eigenvalue weighted by Gasteiger charge is -2.24. The Morgan fingerprint density at radius 3 is 2.85 bits per heavy atom. The average molecular weight is 269 g/mol. The highest BCUT2D eigenvalue weighted by Crippen LogP contribution is 2.27. The zero-order chi connectivity index (χ0) is 13.8. The van der Waals surface area contributed by atoms with E-state index >= 15 is 0 Å². The zero-order valence-electron chi connectivity index (χ0n) is 11.4. The molecular weight excluding hydrogens is 250 g/mol. The van der Waals surface area contributed by atoms with E-state index in [9.17, 15) is 0 Å². The highest BCUT2D eigenvalue weighted by molar-refractivity contribution is 5.54. The summed E-state index contributed by atoms with van der Waals surface area (Å²) in [7, 11) is 0. The average Bonchev–Trinajstić information content (AvgIpc) is 2.71. The fraction of sp³-hybridized carbons (Fsp3) is 0.333. The molecule has 0 aliphatic carbocycles. The first-order valence-electron chi connectivity index (χ1n) is 6.97. The van der Waals surface area contributed by atoms with Crippen molar-refractivity contribution in [1.82, 2.24) is 9.97 Å². The number of fused-ring (bicyclic) bond motifs is 1. The van der Waals surface area contributed by atoms with Crippen LogP contribution in [0.2, 0.25) is 0 Å². The third-order valence-corrected chi connectivity index (χ3v) is 3.66. The first kappa shape index (κ1) is 12.9. The van der Waals surface area contributed by atoms with Crippen LogP contribution in [0, 0.1) is 0 Å². The molecule has 0 amide bonds. The zero-order valence-corrected chi connectivity index (χ0v) is 11.4. The van der Waals surface area contributed by atoms with Crippen LogP contribution in [0.4, 0.5) is 11.5 Å². The molecule has 1 aromatic heterocycles. The molecule has 0 atom stereocenters. The maximum absolute atomic E-state index is 5.31. The number of aryl methyl sites for hydroxylation is 1. The second-order valence-electron chi connectivity index (χ2n) is 5.04. The molecule has 3 rings (SSSR count). The SMILES string of the molecule is NNc1cnc(CN2CCCCc3ccccc32)cn1. The van der Waals surface area contributed by atoms with Crippen molar-refractivity contribution in [1.29, 1.82) is 0 Å². The summed E-state index contributed by atoms with van der Waals surface area (Å²) in [6.45, 7) is 1.85.